The van der Waals surface area contributed by atoms with Crippen molar-refractivity contribution in [3.63, 3.8) is 0 Å². The molecule has 31 heavy (non-hydrogen) atoms. The molecule has 4 aliphatic rings. The third-order valence-electron chi connectivity index (χ3n) is 7.57. The molecule has 1 aromatic carbocycles. The Morgan fingerprint density at radius 1 is 1.13 bits per heavy atom. The summed E-state index contributed by atoms with van der Waals surface area (Å²) in [5.41, 5.74) is 6.18. The van der Waals surface area contributed by atoms with Crippen molar-refractivity contribution in [3.8, 4) is 5.75 Å². The van der Waals surface area contributed by atoms with Gasteiger partial charge in [0.05, 0.1) is 10.6 Å². The molecule has 0 spiro atoms. The number of benzene rings is 1. The van der Waals surface area contributed by atoms with Gasteiger partial charge in [-0.15, -0.1) is 0 Å². The van der Waals surface area contributed by atoms with Crippen LogP contribution in [0.1, 0.15) is 58.3 Å². The Labute approximate surface area is 185 Å². The highest BCUT2D eigenvalue weighted by Gasteiger charge is 2.54. The smallest absolute Gasteiger partial charge is 0.226 e. The number of carbonyl (C=O) groups is 1. The standard InChI is InChI=1S/C24H34N2O4S/c1-2-18(15-25)16-30-20-5-7-21(8-6-20)31(28,29)17-23-9-12-24(13-10-23,14-11-23)22(27)26-19-3-4-19/h2,5-8,19H,3-4,9-17,25H2,1H3,(H,26,27)/b18-2+. The summed E-state index contributed by atoms with van der Waals surface area (Å²) in [4.78, 5) is 13.1. The fourth-order valence-corrected chi connectivity index (χ4v) is 7.01. The van der Waals surface area contributed by atoms with Crippen LogP contribution in [0, 0.1) is 10.8 Å². The van der Waals surface area contributed by atoms with E-state index >= 15 is 0 Å². The fourth-order valence-electron chi connectivity index (χ4n) is 5.05. The van der Waals surface area contributed by atoms with Crippen molar-refractivity contribution in [2.24, 2.45) is 16.6 Å². The molecule has 4 saturated carbocycles. The van der Waals surface area contributed by atoms with Crippen LogP contribution in [0.5, 0.6) is 5.75 Å². The van der Waals surface area contributed by atoms with Crippen molar-refractivity contribution in [3.05, 3.63) is 35.9 Å². The van der Waals surface area contributed by atoms with E-state index in [1.807, 2.05) is 13.0 Å². The average molecular weight is 447 g/mol. The molecule has 0 heterocycles. The number of amides is 1. The Bertz CT molecular complexity index is 924. The zero-order valence-corrected chi connectivity index (χ0v) is 19.2. The second-order valence-electron chi connectivity index (χ2n) is 9.70. The van der Waals surface area contributed by atoms with Crippen LogP contribution in [0.2, 0.25) is 0 Å². The normalized spacial score (nSPS) is 28.4. The van der Waals surface area contributed by atoms with Crippen LogP contribution < -0.4 is 15.8 Å². The van der Waals surface area contributed by atoms with E-state index in [9.17, 15) is 13.2 Å². The van der Waals surface area contributed by atoms with E-state index in [-0.39, 0.29) is 22.5 Å². The van der Waals surface area contributed by atoms with Gasteiger partial charge < -0.3 is 15.8 Å². The van der Waals surface area contributed by atoms with Crippen molar-refractivity contribution in [1.82, 2.24) is 5.32 Å². The summed E-state index contributed by atoms with van der Waals surface area (Å²) in [6, 6.07) is 7.07. The second kappa shape index (κ2) is 8.58. The first-order valence-corrected chi connectivity index (χ1v) is 13.1. The lowest BCUT2D eigenvalue weighted by molar-refractivity contribution is -0.139. The predicted octanol–water partition coefficient (Wildman–Crippen LogP) is 3.36. The molecule has 2 bridgehead atoms. The summed E-state index contributed by atoms with van der Waals surface area (Å²) in [7, 11) is -3.40. The topological polar surface area (TPSA) is 98.5 Å². The molecule has 4 fully saturated rings. The van der Waals surface area contributed by atoms with E-state index in [0.29, 0.717) is 29.8 Å². The van der Waals surface area contributed by atoms with Crippen LogP contribution in [-0.4, -0.2) is 39.3 Å². The summed E-state index contributed by atoms with van der Waals surface area (Å²) in [6.07, 6.45) is 8.99. The number of allylic oxidation sites excluding steroid dienone is 1. The minimum atomic E-state index is -3.40. The Morgan fingerprint density at radius 2 is 1.74 bits per heavy atom. The number of sulfone groups is 1. The van der Waals surface area contributed by atoms with Crippen molar-refractivity contribution < 1.29 is 17.9 Å². The highest BCUT2D eigenvalue weighted by atomic mass is 32.2. The Balaban J connectivity index is 1.37. The summed E-state index contributed by atoms with van der Waals surface area (Å²) < 4.78 is 32.0. The molecule has 0 aliphatic heterocycles. The van der Waals surface area contributed by atoms with Crippen LogP contribution in [0.3, 0.4) is 0 Å². The first-order valence-electron chi connectivity index (χ1n) is 11.4. The first kappa shape index (κ1) is 22.3. The van der Waals surface area contributed by atoms with E-state index < -0.39 is 9.84 Å². The van der Waals surface area contributed by atoms with Gasteiger partial charge in [-0.3, -0.25) is 4.79 Å². The zero-order valence-electron chi connectivity index (χ0n) is 18.4. The van der Waals surface area contributed by atoms with Gasteiger partial charge in [-0.25, -0.2) is 8.42 Å². The Morgan fingerprint density at radius 3 is 2.26 bits per heavy atom. The predicted molar refractivity (Wildman–Crippen MR) is 121 cm³/mol. The van der Waals surface area contributed by atoms with Gasteiger partial charge in [0, 0.05) is 18.0 Å². The number of hydrogen-bond acceptors (Lipinski definition) is 5. The number of carbonyl (C=O) groups excluding carboxylic acids is 1. The van der Waals surface area contributed by atoms with Crippen molar-refractivity contribution in [1.29, 1.82) is 0 Å². The third kappa shape index (κ3) is 4.82. The lowest BCUT2D eigenvalue weighted by Gasteiger charge is -2.52. The maximum Gasteiger partial charge on any atom is 0.226 e. The second-order valence-corrected chi connectivity index (χ2v) is 11.7. The van der Waals surface area contributed by atoms with Crippen LogP contribution in [0.25, 0.3) is 0 Å². The van der Waals surface area contributed by atoms with Gasteiger partial charge in [0.25, 0.3) is 0 Å². The van der Waals surface area contributed by atoms with E-state index in [1.54, 1.807) is 24.3 Å². The van der Waals surface area contributed by atoms with E-state index in [1.165, 1.54) is 0 Å². The van der Waals surface area contributed by atoms with Gasteiger partial charge in [0.15, 0.2) is 9.84 Å². The van der Waals surface area contributed by atoms with E-state index in [2.05, 4.69) is 5.32 Å². The maximum atomic E-state index is 13.2. The van der Waals surface area contributed by atoms with Crippen molar-refractivity contribution >= 4 is 15.7 Å². The number of ether oxygens (including phenoxy) is 1. The molecular formula is C24H34N2O4S. The molecule has 170 valence electrons. The van der Waals surface area contributed by atoms with Crippen LogP contribution in [-0.2, 0) is 14.6 Å². The van der Waals surface area contributed by atoms with Gasteiger partial charge in [0.2, 0.25) is 5.91 Å². The number of fused-ring (bicyclic) bond motifs is 3. The number of nitrogens with one attached hydrogen (secondary N) is 1. The molecule has 6 nitrogen and oxygen atoms in total. The summed E-state index contributed by atoms with van der Waals surface area (Å²) in [6.45, 7) is 2.76. The lowest BCUT2D eigenvalue weighted by Crippen LogP contribution is -2.52. The Kier molecular flexibility index (Phi) is 6.19. The monoisotopic (exact) mass is 446 g/mol. The van der Waals surface area contributed by atoms with Crippen LogP contribution in [0.4, 0.5) is 0 Å². The fraction of sp³-hybridized carbons (Fsp3) is 0.625. The molecule has 4 aliphatic carbocycles. The average Bonchev–Trinajstić information content (AvgIpc) is 3.59. The molecular weight excluding hydrogens is 412 g/mol. The molecule has 1 amide bonds. The molecule has 1 aromatic rings. The minimum absolute atomic E-state index is 0.163. The molecule has 7 heteroatoms. The highest BCUT2D eigenvalue weighted by molar-refractivity contribution is 7.91. The summed E-state index contributed by atoms with van der Waals surface area (Å²) >= 11 is 0. The number of hydrogen-bond donors (Lipinski definition) is 2. The summed E-state index contributed by atoms with van der Waals surface area (Å²) in [5, 5.41) is 3.18. The van der Waals surface area contributed by atoms with Gasteiger partial charge in [-0.05, 0) is 93.5 Å². The van der Waals surface area contributed by atoms with Crippen LogP contribution in [0.15, 0.2) is 40.8 Å². The van der Waals surface area contributed by atoms with Crippen molar-refractivity contribution in [2.45, 2.75) is 69.2 Å². The first-order chi connectivity index (χ1) is 14.8. The largest absolute Gasteiger partial charge is 0.489 e. The molecule has 0 unspecified atom stereocenters. The molecule has 5 rings (SSSR count). The molecule has 0 aromatic heterocycles. The molecule has 0 radical (unpaired) electrons. The number of rotatable bonds is 9. The quantitative estimate of drug-likeness (QED) is 0.567. The Hall–Kier alpha value is -1.86. The maximum absolute atomic E-state index is 13.2. The zero-order chi connectivity index (χ0) is 22.1. The SMILES string of the molecule is C/C=C(\CN)COc1ccc(S(=O)(=O)CC23CCC(C(=O)NC4CC4)(CC2)CC3)cc1. The van der Waals surface area contributed by atoms with Gasteiger partial charge >= 0.3 is 0 Å². The molecule has 3 N–H and O–H groups in total. The third-order valence-corrected chi connectivity index (χ3v) is 9.55. The van der Waals surface area contributed by atoms with E-state index in [0.717, 1.165) is 56.9 Å². The van der Waals surface area contributed by atoms with Crippen LogP contribution >= 0.6 is 0 Å². The van der Waals surface area contributed by atoms with E-state index in [4.69, 9.17) is 10.5 Å². The van der Waals surface area contributed by atoms with Gasteiger partial charge in [-0.2, -0.15) is 0 Å². The molecule has 0 atom stereocenters. The lowest BCUT2D eigenvalue weighted by atomic mass is 9.54. The molecule has 0 saturated heterocycles. The van der Waals surface area contributed by atoms with Crippen molar-refractivity contribution in [2.75, 3.05) is 18.9 Å². The minimum Gasteiger partial charge on any atom is -0.489 e. The summed E-state index contributed by atoms with van der Waals surface area (Å²) in [5.74, 6) is 1.00. The van der Waals surface area contributed by atoms with Gasteiger partial charge in [0.1, 0.15) is 12.4 Å². The highest BCUT2D eigenvalue weighted by Crippen LogP contribution is 2.57. The van der Waals surface area contributed by atoms with Gasteiger partial charge in [-0.1, -0.05) is 6.08 Å². The number of nitrogens with two attached hydrogens (primary N) is 1.